The maximum absolute atomic E-state index is 12.3. The van der Waals surface area contributed by atoms with Crippen molar-refractivity contribution in [2.24, 2.45) is 0 Å². The Bertz CT molecular complexity index is 598. The van der Waals surface area contributed by atoms with Crippen LogP contribution in [0, 0.1) is 0 Å². The first-order chi connectivity index (χ1) is 9.60. The fourth-order valence-electron chi connectivity index (χ4n) is 1.92. The summed E-state index contributed by atoms with van der Waals surface area (Å²) in [5, 5.41) is 0.577. The van der Waals surface area contributed by atoms with E-state index in [4.69, 9.17) is 11.6 Å². The van der Waals surface area contributed by atoms with Gasteiger partial charge in [-0.05, 0) is 42.2 Å². The Morgan fingerprint density at radius 3 is 2.50 bits per heavy atom. The quantitative estimate of drug-likeness (QED) is 0.783. The molecule has 0 aliphatic carbocycles. The fourth-order valence-corrected chi connectivity index (χ4v) is 2.52. The molecule has 0 atom stereocenters. The van der Waals surface area contributed by atoms with Gasteiger partial charge in [0.15, 0.2) is 0 Å². The Hall–Kier alpha value is -1.45. The largest absolute Gasteiger partial charge is 0.337 e. The summed E-state index contributed by atoms with van der Waals surface area (Å²) < 4.78 is 0. The summed E-state index contributed by atoms with van der Waals surface area (Å²) in [5.74, 6) is -0.0264. The maximum Gasteiger partial charge on any atom is 0.253 e. The molecule has 0 fully saturated rings. The standard InChI is InChI=1S/C16H16ClNOS/c1-18(11-12-6-8-15(20-2)9-7-12)16(19)13-4-3-5-14(17)10-13/h3-10H,11H2,1-2H3. The Morgan fingerprint density at radius 2 is 1.90 bits per heavy atom. The van der Waals surface area contributed by atoms with E-state index in [2.05, 4.69) is 12.1 Å². The minimum Gasteiger partial charge on any atom is -0.337 e. The molecule has 2 aromatic rings. The van der Waals surface area contributed by atoms with Gasteiger partial charge in [0.2, 0.25) is 0 Å². The van der Waals surface area contributed by atoms with Crippen LogP contribution in [0.4, 0.5) is 0 Å². The van der Waals surface area contributed by atoms with Crippen molar-refractivity contribution in [1.82, 2.24) is 4.90 Å². The predicted octanol–water partition coefficient (Wildman–Crippen LogP) is 4.33. The normalized spacial score (nSPS) is 10.3. The van der Waals surface area contributed by atoms with Gasteiger partial charge < -0.3 is 4.90 Å². The summed E-state index contributed by atoms with van der Waals surface area (Å²) in [6.45, 7) is 0.583. The van der Waals surface area contributed by atoms with Crippen LogP contribution in [0.25, 0.3) is 0 Å². The van der Waals surface area contributed by atoms with Gasteiger partial charge in [-0.2, -0.15) is 0 Å². The molecule has 0 unspecified atom stereocenters. The minimum absolute atomic E-state index is 0.0264. The first kappa shape index (κ1) is 14.9. The number of nitrogens with zero attached hydrogens (tertiary/aromatic N) is 1. The first-order valence-electron chi connectivity index (χ1n) is 6.24. The number of carbonyl (C=O) groups is 1. The Labute approximate surface area is 128 Å². The van der Waals surface area contributed by atoms with E-state index < -0.39 is 0 Å². The van der Waals surface area contributed by atoms with Crippen LogP contribution in [0.5, 0.6) is 0 Å². The van der Waals surface area contributed by atoms with Gasteiger partial charge in [-0.15, -0.1) is 11.8 Å². The molecule has 0 aromatic heterocycles. The third-order valence-corrected chi connectivity index (χ3v) is 3.98. The van der Waals surface area contributed by atoms with Crippen molar-refractivity contribution < 1.29 is 4.79 Å². The molecule has 0 bridgehead atoms. The van der Waals surface area contributed by atoms with E-state index in [1.54, 1.807) is 48.0 Å². The topological polar surface area (TPSA) is 20.3 Å². The van der Waals surface area contributed by atoms with E-state index in [1.807, 2.05) is 18.4 Å². The van der Waals surface area contributed by atoms with Gasteiger partial charge >= 0.3 is 0 Å². The molecule has 2 nitrogen and oxygen atoms in total. The highest BCUT2D eigenvalue weighted by molar-refractivity contribution is 7.98. The van der Waals surface area contributed by atoms with Crippen molar-refractivity contribution in [1.29, 1.82) is 0 Å². The molecule has 0 saturated heterocycles. The number of hydrogen-bond acceptors (Lipinski definition) is 2. The monoisotopic (exact) mass is 305 g/mol. The fraction of sp³-hybridized carbons (Fsp3) is 0.188. The van der Waals surface area contributed by atoms with Crippen molar-refractivity contribution in [2.75, 3.05) is 13.3 Å². The smallest absolute Gasteiger partial charge is 0.253 e. The van der Waals surface area contributed by atoms with Gasteiger partial charge in [0.05, 0.1) is 0 Å². The molecule has 0 radical (unpaired) electrons. The lowest BCUT2D eigenvalue weighted by atomic mass is 10.1. The maximum atomic E-state index is 12.3. The molecule has 1 amide bonds. The van der Waals surface area contributed by atoms with Gasteiger partial charge in [0.25, 0.3) is 5.91 Å². The molecule has 0 N–H and O–H groups in total. The SMILES string of the molecule is CSc1ccc(CN(C)C(=O)c2cccc(Cl)c2)cc1. The van der Waals surface area contributed by atoms with Crippen molar-refractivity contribution in [3.63, 3.8) is 0 Å². The number of halogens is 1. The number of rotatable bonds is 4. The summed E-state index contributed by atoms with van der Waals surface area (Å²) in [6, 6.07) is 15.3. The zero-order valence-corrected chi connectivity index (χ0v) is 13.0. The average Bonchev–Trinajstić information content (AvgIpc) is 2.47. The molecule has 0 heterocycles. The van der Waals surface area contributed by atoms with Crippen LogP contribution in [0.2, 0.25) is 5.02 Å². The average molecular weight is 306 g/mol. The van der Waals surface area contributed by atoms with E-state index in [9.17, 15) is 4.79 Å². The van der Waals surface area contributed by atoms with Gasteiger partial charge in [-0.1, -0.05) is 29.8 Å². The van der Waals surface area contributed by atoms with Crippen LogP contribution in [-0.4, -0.2) is 24.1 Å². The zero-order chi connectivity index (χ0) is 14.5. The van der Waals surface area contributed by atoms with Crippen molar-refractivity contribution in [3.8, 4) is 0 Å². The number of hydrogen-bond donors (Lipinski definition) is 0. The Morgan fingerprint density at radius 1 is 1.20 bits per heavy atom. The molecule has 2 aromatic carbocycles. The summed E-state index contributed by atoms with van der Waals surface area (Å²) in [6.07, 6.45) is 2.05. The second kappa shape index (κ2) is 6.82. The van der Waals surface area contributed by atoms with Crippen LogP contribution in [0.1, 0.15) is 15.9 Å². The van der Waals surface area contributed by atoms with Crippen LogP contribution in [0.3, 0.4) is 0 Å². The molecule has 104 valence electrons. The lowest BCUT2D eigenvalue weighted by molar-refractivity contribution is 0.0785. The molecule has 0 spiro atoms. The number of amides is 1. The highest BCUT2D eigenvalue weighted by atomic mass is 35.5. The summed E-state index contributed by atoms with van der Waals surface area (Å²) in [4.78, 5) is 15.2. The van der Waals surface area contributed by atoms with Crippen LogP contribution in [-0.2, 0) is 6.54 Å². The molecule has 20 heavy (non-hydrogen) atoms. The third-order valence-electron chi connectivity index (χ3n) is 3.00. The van der Waals surface area contributed by atoms with Crippen LogP contribution >= 0.6 is 23.4 Å². The summed E-state index contributed by atoms with van der Waals surface area (Å²) >= 11 is 7.62. The molecule has 0 aliphatic heterocycles. The van der Waals surface area contributed by atoms with Crippen LogP contribution < -0.4 is 0 Å². The first-order valence-corrected chi connectivity index (χ1v) is 7.84. The summed E-state index contributed by atoms with van der Waals surface area (Å²) in [7, 11) is 1.80. The second-order valence-electron chi connectivity index (χ2n) is 4.52. The van der Waals surface area contributed by atoms with Gasteiger partial charge in [0.1, 0.15) is 0 Å². The molecular weight excluding hydrogens is 290 g/mol. The minimum atomic E-state index is -0.0264. The van der Waals surface area contributed by atoms with E-state index in [0.29, 0.717) is 17.1 Å². The van der Waals surface area contributed by atoms with Crippen molar-refractivity contribution in [2.45, 2.75) is 11.4 Å². The van der Waals surface area contributed by atoms with E-state index in [0.717, 1.165) is 5.56 Å². The van der Waals surface area contributed by atoms with Crippen molar-refractivity contribution >= 4 is 29.3 Å². The Balaban J connectivity index is 2.07. The van der Waals surface area contributed by atoms with Gasteiger partial charge in [-0.25, -0.2) is 0 Å². The lowest BCUT2D eigenvalue weighted by Crippen LogP contribution is -2.26. The zero-order valence-electron chi connectivity index (χ0n) is 11.5. The molecule has 0 saturated carbocycles. The van der Waals surface area contributed by atoms with Crippen LogP contribution in [0.15, 0.2) is 53.4 Å². The molecule has 2 rings (SSSR count). The summed E-state index contributed by atoms with van der Waals surface area (Å²) in [5.41, 5.74) is 1.72. The number of carbonyl (C=O) groups excluding carboxylic acids is 1. The Kier molecular flexibility index (Phi) is 5.10. The van der Waals surface area contributed by atoms with E-state index in [-0.39, 0.29) is 5.91 Å². The molecule has 0 aliphatic rings. The third kappa shape index (κ3) is 3.78. The lowest BCUT2D eigenvalue weighted by Gasteiger charge is -2.17. The van der Waals surface area contributed by atoms with E-state index >= 15 is 0 Å². The molecule has 4 heteroatoms. The molecular formula is C16H16ClNOS. The van der Waals surface area contributed by atoms with Gasteiger partial charge in [0, 0.05) is 29.1 Å². The highest BCUT2D eigenvalue weighted by Gasteiger charge is 2.12. The van der Waals surface area contributed by atoms with Crippen molar-refractivity contribution in [3.05, 3.63) is 64.7 Å². The predicted molar refractivity (Wildman–Crippen MR) is 85.5 cm³/mol. The van der Waals surface area contributed by atoms with Gasteiger partial charge in [-0.3, -0.25) is 4.79 Å². The second-order valence-corrected chi connectivity index (χ2v) is 5.84. The van der Waals surface area contributed by atoms with E-state index in [1.165, 1.54) is 4.90 Å². The number of benzene rings is 2. The highest BCUT2D eigenvalue weighted by Crippen LogP contribution is 2.17. The number of thioether (sulfide) groups is 1.